The number of hydrogen-bond donors (Lipinski definition) is 1. The van der Waals surface area contributed by atoms with Crippen LogP contribution in [0.5, 0.6) is 0 Å². The summed E-state index contributed by atoms with van der Waals surface area (Å²) in [5.74, 6) is -2.97. The van der Waals surface area contributed by atoms with Crippen LogP contribution in [0.4, 0.5) is 8.78 Å². The zero-order valence-corrected chi connectivity index (χ0v) is 9.57. The van der Waals surface area contributed by atoms with Crippen LogP contribution < -0.4 is 5.32 Å². The zero-order valence-electron chi connectivity index (χ0n) is 8.75. The summed E-state index contributed by atoms with van der Waals surface area (Å²) >= 11 is 0. The van der Waals surface area contributed by atoms with E-state index in [1.807, 2.05) is 30.3 Å². The van der Waals surface area contributed by atoms with Crippen molar-refractivity contribution in [3.05, 3.63) is 35.9 Å². The smallest absolute Gasteiger partial charge is 0.263 e. The Labute approximate surface area is 99.6 Å². The minimum absolute atomic E-state index is 0. The normalized spacial score (nSPS) is 34.8. The molecule has 4 heteroatoms. The van der Waals surface area contributed by atoms with Crippen molar-refractivity contribution in [3.63, 3.8) is 0 Å². The number of halogens is 3. The molecule has 0 spiro atoms. The van der Waals surface area contributed by atoms with Gasteiger partial charge >= 0.3 is 0 Å². The maximum absolute atomic E-state index is 13.8. The average Bonchev–Trinajstić information content (AvgIpc) is 2.80. The molecule has 1 saturated heterocycles. The Balaban J connectivity index is 0.000000963. The fraction of sp³-hybridized carbons (Fsp3) is 0.500. The molecule has 1 aliphatic heterocycles. The van der Waals surface area contributed by atoms with Gasteiger partial charge in [0.05, 0.1) is 5.41 Å². The molecular formula is C12H14ClF2N. The van der Waals surface area contributed by atoms with Crippen molar-refractivity contribution in [2.75, 3.05) is 13.1 Å². The van der Waals surface area contributed by atoms with Gasteiger partial charge in [-0.05, 0) is 18.5 Å². The highest BCUT2D eigenvalue weighted by atomic mass is 35.5. The third-order valence-corrected chi connectivity index (χ3v) is 3.85. The molecule has 2 fully saturated rings. The molecular weight excluding hydrogens is 232 g/mol. The van der Waals surface area contributed by atoms with Gasteiger partial charge in [-0.2, -0.15) is 0 Å². The molecule has 1 aliphatic carbocycles. The van der Waals surface area contributed by atoms with Crippen LogP contribution in [0.2, 0.25) is 0 Å². The topological polar surface area (TPSA) is 12.0 Å². The van der Waals surface area contributed by atoms with E-state index in [0.29, 0.717) is 13.0 Å². The Morgan fingerprint density at radius 2 is 1.88 bits per heavy atom. The van der Waals surface area contributed by atoms with Gasteiger partial charge in [-0.15, -0.1) is 12.4 Å². The van der Waals surface area contributed by atoms with Crippen LogP contribution in [-0.2, 0) is 5.41 Å². The molecule has 1 nitrogen and oxygen atoms in total. The van der Waals surface area contributed by atoms with E-state index in [-0.39, 0.29) is 12.4 Å². The molecule has 16 heavy (non-hydrogen) atoms. The van der Waals surface area contributed by atoms with E-state index in [2.05, 4.69) is 5.32 Å². The molecule has 0 bridgehead atoms. The Morgan fingerprint density at radius 1 is 1.19 bits per heavy atom. The highest BCUT2D eigenvalue weighted by Crippen LogP contribution is 2.68. The summed E-state index contributed by atoms with van der Waals surface area (Å²) in [5.41, 5.74) is -0.126. The van der Waals surface area contributed by atoms with Crippen LogP contribution in [0.25, 0.3) is 0 Å². The second-order valence-corrected chi connectivity index (χ2v) is 4.48. The highest BCUT2D eigenvalue weighted by molar-refractivity contribution is 5.85. The molecule has 1 aromatic carbocycles. The molecule has 3 rings (SSSR count). The number of piperidine rings is 1. The Hall–Kier alpha value is -0.670. The standard InChI is InChI=1S/C12H13F2N.ClH/c13-12(14)10-6-7-15-8-11(10,12)9-4-2-1-3-5-9;/h1-5,10,15H,6-8H2;1H. The van der Waals surface area contributed by atoms with Crippen molar-refractivity contribution >= 4 is 12.4 Å². The lowest BCUT2D eigenvalue weighted by Gasteiger charge is -2.21. The lowest BCUT2D eigenvalue weighted by atomic mass is 9.90. The predicted molar refractivity (Wildman–Crippen MR) is 61.3 cm³/mol. The predicted octanol–water partition coefficient (Wildman–Crippen LogP) is 2.60. The Kier molecular flexibility index (Phi) is 2.71. The summed E-state index contributed by atoms with van der Waals surface area (Å²) in [6.45, 7) is 1.13. The monoisotopic (exact) mass is 245 g/mol. The molecule has 0 radical (unpaired) electrons. The molecule has 0 amide bonds. The van der Waals surface area contributed by atoms with Crippen LogP contribution in [0, 0.1) is 5.92 Å². The van der Waals surface area contributed by atoms with Gasteiger partial charge in [0.1, 0.15) is 0 Å². The van der Waals surface area contributed by atoms with E-state index in [1.54, 1.807) is 0 Å². The quantitative estimate of drug-likeness (QED) is 0.802. The van der Waals surface area contributed by atoms with Gasteiger partial charge in [0, 0.05) is 12.5 Å². The number of benzene rings is 1. The first-order chi connectivity index (χ1) is 7.19. The lowest BCUT2D eigenvalue weighted by molar-refractivity contribution is 0.0787. The highest BCUT2D eigenvalue weighted by Gasteiger charge is 2.80. The summed E-state index contributed by atoms with van der Waals surface area (Å²) in [6.07, 6.45) is 0.585. The fourth-order valence-electron chi connectivity index (χ4n) is 2.96. The molecule has 1 N–H and O–H groups in total. The van der Waals surface area contributed by atoms with Gasteiger partial charge < -0.3 is 5.32 Å². The van der Waals surface area contributed by atoms with Gasteiger partial charge in [0.25, 0.3) is 5.92 Å². The van der Waals surface area contributed by atoms with Crippen LogP contribution in [-0.4, -0.2) is 19.0 Å². The number of alkyl halides is 2. The fourth-order valence-corrected chi connectivity index (χ4v) is 2.96. The van der Waals surface area contributed by atoms with Crippen LogP contribution in [0.15, 0.2) is 30.3 Å². The van der Waals surface area contributed by atoms with Crippen molar-refractivity contribution in [1.82, 2.24) is 5.32 Å². The number of fused-ring (bicyclic) bond motifs is 1. The van der Waals surface area contributed by atoms with Crippen LogP contribution in [0.1, 0.15) is 12.0 Å². The van der Waals surface area contributed by atoms with Gasteiger partial charge in [0.2, 0.25) is 0 Å². The first kappa shape index (κ1) is 11.8. The Bertz CT molecular complexity index is 382. The molecule has 88 valence electrons. The molecule has 0 aromatic heterocycles. The van der Waals surface area contributed by atoms with E-state index >= 15 is 0 Å². The maximum Gasteiger partial charge on any atom is 0.263 e. The first-order valence-corrected chi connectivity index (χ1v) is 5.33. The summed E-state index contributed by atoms with van der Waals surface area (Å²) in [4.78, 5) is 0. The molecule has 1 saturated carbocycles. The average molecular weight is 246 g/mol. The van der Waals surface area contributed by atoms with Crippen molar-refractivity contribution in [3.8, 4) is 0 Å². The number of nitrogens with one attached hydrogen (secondary N) is 1. The summed E-state index contributed by atoms with van der Waals surface area (Å²) < 4.78 is 27.6. The second-order valence-electron chi connectivity index (χ2n) is 4.48. The summed E-state index contributed by atoms with van der Waals surface area (Å²) in [5, 5.41) is 3.09. The van der Waals surface area contributed by atoms with Crippen LogP contribution in [0.3, 0.4) is 0 Å². The summed E-state index contributed by atoms with van der Waals surface area (Å²) in [6, 6.07) is 9.18. The van der Waals surface area contributed by atoms with Crippen molar-refractivity contribution < 1.29 is 8.78 Å². The van der Waals surface area contributed by atoms with Crippen molar-refractivity contribution in [2.24, 2.45) is 5.92 Å². The van der Waals surface area contributed by atoms with Crippen molar-refractivity contribution in [2.45, 2.75) is 17.8 Å². The number of rotatable bonds is 1. The van der Waals surface area contributed by atoms with Crippen LogP contribution >= 0.6 is 12.4 Å². The van der Waals surface area contributed by atoms with Gasteiger partial charge in [-0.1, -0.05) is 30.3 Å². The van der Waals surface area contributed by atoms with Gasteiger partial charge in [0.15, 0.2) is 0 Å². The third kappa shape index (κ3) is 1.25. The van der Waals surface area contributed by atoms with E-state index in [1.165, 1.54) is 0 Å². The Morgan fingerprint density at radius 3 is 2.50 bits per heavy atom. The number of hydrogen-bond acceptors (Lipinski definition) is 1. The van der Waals surface area contributed by atoms with Gasteiger partial charge in [-0.3, -0.25) is 0 Å². The third-order valence-electron chi connectivity index (χ3n) is 3.85. The lowest BCUT2D eigenvalue weighted by Crippen LogP contribution is -2.35. The minimum atomic E-state index is -2.52. The zero-order chi connectivity index (χ0) is 10.5. The van der Waals surface area contributed by atoms with Crippen molar-refractivity contribution in [1.29, 1.82) is 0 Å². The van der Waals surface area contributed by atoms with E-state index in [4.69, 9.17) is 0 Å². The molecule has 1 aromatic rings. The molecule has 2 atom stereocenters. The largest absolute Gasteiger partial charge is 0.316 e. The van der Waals surface area contributed by atoms with E-state index in [0.717, 1.165) is 12.1 Å². The summed E-state index contributed by atoms with van der Waals surface area (Å²) in [7, 11) is 0. The maximum atomic E-state index is 13.8. The van der Waals surface area contributed by atoms with E-state index in [9.17, 15) is 8.78 Å². The van der Waals surface area contributed by atoms with E-state index < -0.39 is 17.3 Å². The minimum Gasteiger partial charge on any atom is -0.316 e. The molecule has 2 aliphatic rings. The first-order valence-electron chi connectivity index (χ1n) is 5.33. The van der Waals surface area contributed by atoms with Gasteiger partial charge in [-0.25, -0.2) is 8.78 Å². The SMILES string of the molecule is Cl.FC1(F)C2CCNCC21c1ccccc1. The molecule has 1 heterocycles. The molecule has 2 unspecified atom stereocenters. The second kappa shape index (κ2) is 3.67.